The van der Waals surface area contributed by atoms with Crippen molar-refractivity contribution in [1.82, 2.24) is 5.32 Å². The molecule has 0 radical (unpaired) electrons. The molecule has 0 saturated heterocycles. The van der Waals surface area contributed by atoms with E-state index >= 15 is 0 Å². The van der Waals surface area contributed by atoms with Crippen LogP contribution >= 0.6 is 0 Å². The van der Waals surface area contributed by atoms with Crippen molar-refractivity contribution >= 4 is 5.91 Å². The van der Waals surface area contributed by atoms with Crippen LogP contribution in [0.4, 0.5) is 0 Å². The number of rotatable bonds is 5. The SMILES string of the molecule is NC(C(=O)NC(C1CC1)C1CC1)c1ccccc1. The van der Waals surface area contributed by atoms with E-state index in [-0.39, 0.29) is 5.91 Å². The van der Waals surface area contributed by atoms with E-state index < -0.39 is 6.04 Å². The highest BCUT2D eigenvalue weighted by Crippen LogP contribution is 2.44. The van der Waals surface area contributed by atoms with Crippen LogP contribution in [0.3, 0.4) is 0 Å². The normalized spacial score (nSPS) is 20.8. The maximum absolute atomic E-state index is 12.2. The van der Waals surface area contributed by atoms with Gasteiger partial charge in [0.2, 0.25) is 5.91 Å². The second-order valence-corrected chi connectivity index (χ2v) is 5.60. The first-order valence-corrected chi connectivity index (χ1v) is 6.86. The van der Waals surface area contributed by atoms with Crippen molar-refractivity contribution in [2.75, 3.05) is 0 Å². The van der Waals surface area contributed by atoms with Crippen LogP contribution in [0.2, 0.25) is 0 Å². The first kappa shape index (κ1) is 11.7. The van der Waals surface area contributed by atoms with Gasteiger partial charge in [-0.05, 0) is 43.1 Å². The Hall–Kier alpha value is -1.35. The minimum Gasteiger partial charge on any atom is -0.351 e. The van der Waals surface area contributed by atoms with Crippen LogP contribution in [0.15, 0.2) is 30.3 Å². The number of hydrogen-bond acceptors (Lipinski definition) is 2. The van der Waals surface area contributed by atoms with Crippen molar-refractivity contribution in [3.63, 3.8) is 0 Å². The molecule has 0 aromatic heterocycles. The van der Waals surface area contributed by atoms with Gasteiger partial charge < -0.3 is 11.1 Å². The Morgan fingerprint density at radius 2 is 1.67 bits per heavy atom. The van der Waals surface area contributed by atoms with Gasteiger partial charge in [0, 0.05) is 6.04 Å². The molecule has 0 aliphatic heterocycles. The first-order chi connectivity index (χ1) is 8.75. The van der Waals surface area contributed by atoms with E-state index in [2.05, 4.69) is 5.32 Å². The van der Waals surface area contributed by atoms with Gasteiger partial charge in [0.25, 0.3) is 0 Å². The highest BCUT2D eigenvalue weighted by Gasteiger charge is 2.42. The molecule has 1 amide bonds. The van der Waals surface area contributed by atoms with Crippen molar-refractivity contribution in [3.05, 3.63) is 35.9 Å². The summed E-state index contributed by atoms with van der Waals surface area (Å²) in [4.78, 5) is 12.2. The standard InChI is InChI=1S/C15H20N2O/c16-13(10-4-2-1-3-5-10)15(18)17-14(11-6-7-11)12-8-9-12/h1-5,11-14H,6-9,16H2,(H,17,18). The third-order valence-corrected chi connectivity index (χ3v) is 4.01. The highest BCUT2D eigenvalue weighted by molar-refractivity contribution is 5.83. The largest absolute Gasteiger partial charge is 0.351 e. The van der Waals surface area contributed by atoms with Crippen LogP contribution in [0.25, 0.3) is 0 Å². The van der Waals surface area contributed by atoms with Gasteiger partial charge in [0.1, 0.15) is 6.04 Å². The lowest BCUT2D eigenvalue weighted by molar-refractivity contribution is -0.123. The Morgan fingerprint density at radius 3 is 2.17 bits per heavy atom. The van der Waals surface area contributed by atoms with Gasteiger partial charge >= 0.3 is 0 Å². The van der Waals surface area contributed by atoms with E-state index in [0.717, 1.165) is 5.56 Å². The van der Waals surface area contributed by atoms with E-state index in [1.807, 2.05) is 30.3 Å². The molecule has 96 valence electrons. The summed E-state index contributed by atoms with van der Waals surface area (Å²) in [5.41, 5.74) is 6.91. The minimum atomic E-state index is -0.536. The van der Waals surface area contributed by atoms with Crippen molar-refractivity contribution in [3.8, 4) is 0 Å². The quantitative estimate of drug-likeness (QED) is 0.832. The van der Waals surface area contributed by atoms with E-state index in [9.17, 15) is 4.79 Å². The van der Waals surface area contributed by atoms with Gasteiger partial charge in [-0.1, -0.05) is 30.3 Å². The molecule has 1 unspecified atom stereocenters. The van der Waals surface area contributed by atoms with Crippen LogP contribution in [0.5, 0.6) is 0 Å². The zero-order valence-electron chi connectivity index (χ0n) is 10.5. The monoisotopic (exact) mass is 244 g/mol. The Morgan fingerprint density at radius 1 is 1.11 bits per heavy atom. The Balaban J connectivity index is 1.63. The fourth-order valence-electron chi connectivity index (χ4n) is 2.60. The minimum absolute atomic E-state index is 0.0231. The molecule has 0 heterocycles. The summed E-state index contributed by atoms with van der Waals surface area (Å²) in [5, 5.41) is 3.18. The summed E-state index contributed by atoms with van der Waals surface area (Å²) in [5.74, 6) is 1.40. The Labute approximate surface area is 108 Å². The van der Waals surface area contributed by atoms with Crippen molar-refractivity contribution in [2.45, 2.75) is 37.8 Å². The lowest BCUT2D eigenvalue weighted by Crippen LogP contribution is -2.43. The van der Waals surface area contributed by atoms with Crippen molar-refractivity contribution in [1.29, 1.82) is 0 Å². The molecule has 1 atom stereocenters. The van der Waals surface area contributed by atoms with Gasteiger partial charge in [0.05, 0.1) is 0 Å². The number of hydrogen-bond donors (Lipinski definition) is 2. The molecule has 2 aliphatic carbocycles. The first-order valence-electron chi connectivity index (χ1n) is 6.86. The number of nitrogens with one attached hydrogen (secondary N) is 1. The molecule has 2 fully saturated rings. The number of amides is 1. The second kappa shape index (κ2) is 4.73. The molecule has 1 aromatic rings. The fourth-order valence-corrected chi connectivity index (χ4v) is 2.60. The van der Waals surface area contributed by atoms with Gasteiger partial charge in [-0.2, -0.15) is 0 Å². The molecular weight excluding hydrogens is 224 g/mol. The van der Waals surface area contributed by atoms with E-state index in [0.29, 0.717) is 17.9 Å². The summed E-state index contributed by atoms with van der Waals surface area (Å²) in [6.07, 6.45) is 5.06. The predicted octanol–water partition coefficient (Wildman–Crippen LogP) is 1.99. The van der Waals surface area contributed by atoms with Crippen LogP contribution in [-0.2, 0) is 4.79 Å². The molecule has 3 heteroatoms. The Bertz CT molecular complexity index is 411. The molecule has 2 aliphatic rings. The van der Waals surface area contributed by atoms with E-state index in [4.69, 9.17) is 5.73 Å². The highest BCUT2D eigenvalue weighted by atomic mass is 16.2. The fraction of sp³-hybridized carbons (Fsp3) is 0.533. The van der Waals surface area contributed by atoms with Crippen LogP contribution in [-0.4, -0.2) is 11.9 Å². The molecule has 0 bridgehead atoms. The molecule has 0 spiro atoms. The summed E-state index contributed by atoms with van der Waals surface area (Å²) in [6.45, 7) is 0. The molecule has 3 rings (SSSR count). The zero-order valence-corrected chi connectivity index (χ0v) is 10.5. The Kier molecular flexibility index (Phi) is 3.08. The number of carbonyl (C=O) groups excluding carboxylic acids is 1. The molecule has 3 nitrogen and oxygen atoms in total. The number of nitrogens with two attached hydrogens (primary N) is 1. The summed E-state index contributed by atoms with van der Waals surface area (Å²) in [6, 6.07) is 9.44. The molecule has 1 aromatic carbocycles. The van der Waals surface area contributed by atoms with Crippen molar-refractivity contribution < 1.29 is 4.79 Å². The lowest BCUT2D eigenvalue weighted by atomic mass is 10.0. The molecule has 18 heavy (non-hydrogen) atoms. The molecule has 3 N–H and O–H groups in total. The second-order valence-electron chi connectivity index (χ2n) is 5.60. The van der Waals surface area contributed by atoms with Gasteiger partial charge in [-0.25, -0.2) is 0 Å². The van der Waals surface area contributed by atoms with E-state index in [1.54, 1.807) is 0 Å². The zero-order chi connectivity index (χ0) is 12.5. The van der Waals surface area contributed by atoms with Gasteiger partial charge in [0.15, 0.2) is 0 Å². The summed E-state index contributed by atoms with van der Waals surface area (Å²) >= 11 is 0. The van der Waals surface area contributed by atoms with E-state index in [1.165, 1.54) is 25.7 Å². The maximum Gasteiger partial charge on any atom is 0.241 e. The third-order valence-electron chi connectivity index (χ3n) is 4.01. The molecular formula is C15H20N2O. The van der Waals surface area contributed by atoms with Crippen LogP contribution < -0.4 is 11.1 Å². The number of carbonyl (C=O) groups is 1. The lowest BCUT2D eigenvalue weighted by Gasteiger charge is -2.20. The average molecular weight is 244 g/mol. The van der Waals surface area contributed by atoms with Gasteiger partial charge in [-0.15, -0.1) is 0 Å². The van der Waals surface area contributed by atoms with Crippen molar-refractivity contribution in [2.24, 2.45) is 17.6 Å². The summed E-state index contributed by atoms with van der Waals surface area (Å²) < 4.78 is 0. The van der Waals surface area contributed by atoms with Crippen LogP contribution in [0, 0.1) is 11.8 Å². The van der Waals surface area contributed by atoms with Gasteiger partial charge in [-0.3, -0.25) is 4.79 Å². The maximum atomic E-state index is 12.2. The smallest absolute Gasteiger partial charge is 0.241 e. The third kappa shape index (κ3) is 2.56. The average Bonchev–Trinajstić information content (AvgIpc) is 3.29. The topological polar surface area (TPSA) is 55.1 Å². The predicted molar refractivity (Wildman–Crippen MR) is 70.7 cm³/mol. The summed E-state index contributed by atoms with van der Waals surface area (Å²) in [7, 11) is 0. The molecule has 2 saturated carbocycles. The van der Waals surface area contributed by atoms with Crippen LogP contribution in [0.1, 0.15) is 37.3 Å². The number of benzene rings is 1.